The summed E-state index contributed by atoms with van der Waals surface area (Å²) in [4.78, 5) is 29.2. The summed E-state index contributed by atoms with van der Waals surface area (Å²) in [5.74, 6) is -1.52. The Kier molecular flexibility index (Phi) is 11.8. The Morgan fingerprint density at radius 2 is 1.66 bits per heavy atom. The molecule has 1 aliphatic heterocycles. The zero-order chi connectivity index (χ0) is 35.8. The van der Waals surface area contributed by atoms with Crippen molar-refractivity contribution in [2.45, 2.75) is 71.6 Å². The normalized spacial score (nSPS) is 15.2. The number of carbonyl (C=O) groups excluding carboxylic acids is 1. The van der Waals surface area contributed by atoms with Crippen LogP contribution < -0.4 is 10.1 Å². The van der Waals surface area contributed by atoms with Crippen LogP contribution in [0, 0.1) is 5.82 Å². The second kappa shape index (κ2) is 16.4. The van der Waals surface area contributed by atoms with Gasteiger partial charge >= 0.3 is 5.97 Å². The molecule has 2 atom stereocenters. The van der Waals surface area contributed by atoms with E-state index in [1.54, 1.807) is 31.2 Å². The predicted molar refractivity (Wildman–Crippen MR) is 201 cm³/mol. The molecule has 1 heterocycles. The maximum Gasteiger partial charge on any atom is 0.307 e. The maximum absolute atomic E-state index is 15.5. The van der Waals surface area contributed by atoms with E-state index in [2.05, 4.69) is 73.6 Å². The van der Waals surface area contributed by atoms with Gasteiger partial charge in [0.25, 0.3) is 0 Å². The number of allylic oxidation sites excluding steroid dienone is 4. The number of ether oxygens (including phenoxy) is 1. The molecule has 0 aliphatic carbocycles. The first-order chi connectivity index (χ1) is 24.1. The molecule has 6 nitrogen and oxygen atoms in total. The van der Waals surface area contributed by atoms with Gasteiger partial charge in [-0.1, -0.05) is 92.6 Å². The number of benzene rings is 4. The summed E-state index contributed by atoms with van der Waals surface area (Å²) in [6, 6.07) is 24.7. The van der Waals surface area contributed by atoms with Gasteiger partial charge < -0.3 is 15.2 Å². The van der Waals surface area contributed by atoms with E-state index in [-0.39, 0.29) is 12.3 Å². The lowest BCUT2D eigenvalue weighted by molar-refractivity contribution is -0.136. The quantitative estimate of drug-likeness (QED) is 0.103. The molecular formula is C43H45FN2O4. The van der Waals surface area contributed by atoms with Crippen LogP contribution in [-0.4, -0.2) is 29.8 Å². The van der Waals surface area contributed by atoms with E-state index < -0.39 is 17.7 Å². The van der Waals surface area contributed by atoms with Gasteiger partial charge in [-0.15, -0.1) is 0 Å². The third-order valence-electron chi connectivity index (χ3n) is 9.34. The highest BCUT2D eigenvalue weighted by Crippen LogP contribution is 2.40. The van der Waals surface area contributed by atoms with Crippen LogP contribution in [0.4, 0.5) is 15.8 Å². The largest absolute Gasteiger partial charge is 0.496 e. The van der Waals surface area contributed by atoms with Crippen LogP contribution in [0.3, 0.4) is 0 Å². The van der Waals surface area contributed by atoms with Crippen molar-refractivity contribution in [1.82, 2.24) is 0 Å². The fourth-order valence-corrected chi connectivity index (χ4v) is 6.48. The Labute approximate surface area is 294 Å². The highest BCUT2D eigenvalue weighted by Gasteiger charge is 2.34. The molecule has 4 aromatic rings. The SMILES string of the molecule is CCCC(CC=CC=C(C)CC)c1ccc(-c2ccc(-c3cc4c(cc3F)NC(=O)C4C(C)=Nc3ccc(OC)c(CC(=O)O)c3)cc2)cc1. The zero-order valence-corrected chi connectivity index (χ0v) is 29.4. The zero-order valence-electron chi connectivity index (χ0n) is 29.4. The van der Waals surface area contributed by atoms with Gasteiger partial charge in [0.15, 0.2) is 0 Å². The van der Waals surface area contributed by atoms with Crippen molar-refractivity contribution >= 4 is 29.0 Å². The van der Waals surface area contributed by atoms with Gasteiger partial charge in [0.05, 0.1) is 19.2 Å². The molecule has 258 valence electrons. The van der Waals surface area contributed by atoms with E-state index in [9.17, 15) is 14.7 Å². The van der Waals surface area contributed by atoms with Crippen LogP contribution in [-0.2, 0) is 16.0 Å². The van der Waals surface area contributed by atoms with Crippen molar-refractivity contribution in [2.24, 2.45) is 4.99 Å². The number of rotatable bonds is 14. The van der Waals surface area contributed by atoms with Crippen molar-refractivity contribution in [3.05, 3.63) is 125 Å². The summed E-state index contributed by atoms with van der Waals surface area (Å²) in [6.45, 7) is 8.30. The predicted octanol–water partition coefficient (Wildman–Crippen LogP) is 10.8. The van der Waals surface area contributed by atoms with Crippen LogP contribution in [0.5, 0.6) is 5.75 Å². The van der Waals surface area contributed by atoms with E-state index in [0.29, 0.717) is 51.0 Å². The summed E-state index contributed by atoms with van der Waals surface area (Å²) in [5.41, 5.74) is 8.47. The van der Waals surface area contributed by atoms with Gasteiger partial charge in [0.2, 0.25) is 5.91 Å². The molecule has 0 bridgehead atoms. The molecule has 4 aromatic carbocycles. The highest BCUT2D eigenvalue weighted by atomic mass is 19.1. The lowest BCUT2D eigenvalue weighted by atomic mass is 9.89. The number of carbonyl (C=O) groups is 2. The molecule has 0 spiro atoms. The van der Waals surface area contributed by atoms with E-state index in [0.717, 1.165) is 36.8 Å². The topological polar surface area (TPSA) is 88.0 Å². The number of aliphatic imine (C=N–C) groups is 1. The summed E-state index contributed by atoms with van der Waals surface area (Å²) in [5, 5.41) is 12.1. The first-order valence-corrected chi connectivity index (χ1v) is 17.2. The van der Waals surface area contributed by atoms with E-state index >= 15 is 4.39 Å². The number of hydrogen-bond donors (Lipinski definition) is 2. The average Bonchev–Trinajstić information content (AvgIpc) is 3.43. The Balaban J connectivity index is 1.36. The third-order valence-corrected chi connectivity index (χ3v) is 9.34. The number of amides is 1. The van der Waals surface area contributed by atoms with Gasteiger partial charge in [-0.2, -0.15) is 0 Å². The van der Waals surface area contributed by atoms with Gasteiger partial charge in [0.1, 0.15) is 17.5 Å². The number of hydrogen-bond acceptors (Lipinski definition) is 4. The van der Waals surface area contributed by atoms with Gasteiger partial charge in [-0.25, -0.2) is 4.39 Å². The molecule has 5 rings (SSSR count). The smallest absolute Gasteiger partial charge is 0.307 e. The second-order valence-electron chi connectivity index (χ2n) is 12.9. The fraction of sp³-hybridized carbons (Fsp3) is 0.279. The molecule has 0 saturated carbocycles. The number of fused-ring (bicyclic) bond motifs is 1. The molecule has 1 aliphatic rings. The van der Waals surface area contributed by atoms with E-state index in [1.165, 1.54) is 24.3 Å². The van der Waals surface area contributed by atoms with Crippen LogP contribution >= 0.6 is 0 Å². The Hall–Kier alpha value is -5.30. The molecule has 2 N–H and O–H groups in total. The summed E-state index contributed by atoms with van der Waals surface area (Å²) in [6.07, 6.45) is 10.7. The number of anilines is 1. The lowest BCUT2D eigenvalue weighted by Crippen LogP contribution is -2.18. The minimum absolute atomic E-state index is 0.223. The Bertz CT molecular complexity index is 1940. The number of halogens is 1. The molecule has 0 fully saturated rings. The first kappa shape index (κ1) is 36.0. The highest BCUT2D eigenvalue weighted by molar-refractivity contribution is 6.18. The molecule has 0 aromatic heterocycles. The van der Waals surface area contributed by atoms with Gasteiger partial charge in [-0.3, -0.25) is 14.6 Å². The number of aliphatic carboxylic acids is 1. The van der Waals surface area contributed by atoms with E-state index in [1.807, 2.05) is 24.3 Å². The van der Waals surface area contributed by atoms with Crippen molar-refractivity contribution in [2.75, 3.05) is 12.4 Å². The second-order valence-corrected chi connectivity index (χ2v) is 12.9. The minimum atomic E-state index is -0.990. The van der Waals surface area contributed by atoms with Gasteiger partial charge in [-0.05, 0) is 97.2 Å². The number of carboxylic acid groups (broad SMARTS) is 1. The number of methoxy groups -OCH3 is 1. The number of carboxylic acids is 1. The number of nitrogens with one attached hydrogen (secondary N) is 1. The van der Waals surface area contributed by atoms with Crippen molar-refractivity contribution < 1.29 is 23.8 Å². The Morgan fingerprint density at radius 1 is 0.980 bits per heavy atom. The summed E-state index contributed by atoms with van der Waals surface area (Å²) >= 11 is 0. The lowest BCUT2D eigenvalue weighted by Gasteiger charge is -2.15. The molecule has 1 amide bonds. The molecule has 7 heteroatoms. The Morgan fingerprint density at radius 3 is 2.30 bits per heavy atom. The van der Waals surface area contributed by atoms with Gasteiger partial charge in [0, 0.05) is 22.5 Å². The summed E-state index contributed by atoms with van der Waals surface area (Å²) in [7, 11) is 1.48. The molecule has 50 heavy (non-hydrogen) atoms. The van der Waals surface area contributed by atoms with E-state index in [4.69, 9.17) is 4.74 Å². The average molecular weight is 673 g/mol. The molecule has 0 saturated heterocycles. The van der Waals surface area contributed by atoms with Crippen molar-refractivity contribution in [3.8, 4) is 28.0 Å². The molecule has 2 unspecified atom stereocenters. The summed E-state index contributed by atoms with van der Waals surface area (Å²) < 4.78 is 20.8. The van der Waals surface area contributed by atoms with Crippen LogP contribution in [0.1, 0.15) is 81.9 Å². The standard InChI is InChI=1S/C43H45FN2O4/c1-6-10-29(12-9-8-11-27(3)7-2)30-13-15-31(16-14-30)32-17-19-33(20-18-32)36-25-37-39(26-38(36)44)46-43(49)42(37)28(4)45-35-21-22-40(50-5)34(23-35)24-41(47)48/h8-9,11,13-23,25-26,29,42H,6-7,10,12,24H2,1-5H3,(H,46,49)(H,47,48). The molecular weight excluding hydrogens is 627 g/mol. The first-order valence-electron chi connectivity index (χ1n) is 17.2. The van der Waals surface area contributed by atoms with Crippen LogP contribution in [0.15, 0.2) is 108 Å². The number of nitrogens with zero attached hydrogens (tertiary/aromatic N) is 1. The fourth-order valence-electron chi connectivity index (χ4n) is 6.48. The third kappa shape index (κ3) is 8.46. The minimum Gasteiger partial charge on any atom is -0.496 e. The van der Waals surface area contributed by atoms with Crippen LogP contribution in [0.2, 0.25) is 0 Å². The monoisotopic (exact) mass is 672 g/mol. The van der Waals surface area contributed by atoms with Crippen molar-refractivity contribution in [3.63, 3.8) is 0 Å². The molecule has 0 radical (unpaired) electrons. The maximum atomic E-state index is 15.5. The van der Waals surface area contributed by atoms with Crippen molar-refractivity contribution in [1.29, 1.82) is 0 Å². The van der Waals surface area contributed by atoms with Crippen LogP contribution in [0.25, 0.3) is 22.3 Å².